The first-order valence-corrected chi connectivity index (χ1v) is 8.64. The third-order valence-corrected chi connectivity index (χ3v) is 5.11. The van der Waals surface area contributed by atoms with E-state index in [2.05, 4.69) is 9.98 Å². The third kappa shape index (κ3) is 3.17. The molecule has 0 amide bonds. The molecule has 0 spiro atoms. The van der Waals surface area contributed by atoms with Gasteiger partial charge in [-0.3, -0.25) is 20.1 Å². The molecule has 2 aromatic heterocycles. The summed E-state index contributed by atoms with van der Waals surface area (Å²) >= 11 is -1.80. The van der Waals surface area contributed by atoms with Crippen molar-refractivity contribution in [1.82, 2.24) is 8.96 Å². The fourth-order valence-corrected chi connectivity index (χ4v) is 3.73. The number of aromatic nitrogens is 2. The van der Waals surface area contributed by atoms with Crippen LogP contribution in [0.1, 0.15) is 5.56 Å². The first-order valence-electron chi connectivity index (χ1n) is 7.54. The summed E-state index contributed by atoms with van der Waals surface area (Å²) in [4.78, 5) is 19.1. The molecular formula is C17H15N5O3S. The lowest BCUT2D eigenvalue weighted by atomic mass is 10.1. The Morgan fingerprint density at radius 3 is 2.85 bits per heavy atom. The van der Waals surface area contributed by atoms with E-state index in [-0.39, 0.29) is 10.6 Å². The van der Waals surface area contributed by atoms with E-state index >= 15 is 0 Å². The highest BCUT2D eigenvalue weighted by molar-refractivity contribution is 7.90. The number of aliphatic imine (C=N–C) groups is 1. The largest absolute Gasteiger partial charge is 0.587 e. The molecular weight excluding hydrogens is 354 g/mol. The highest BCUT2D eigenvalue weighted by Gasteiger charge is 2.27. The molecule has 0 saturated heterocycles. The molecule has 0 aliphatic carbocycles. The van der Waals surface area contributed by atoms with E-state index in [9.17, 15) is 14.7 Å². The summed E-state index contributed by atoms with van der Waals surface area (Å²) in [6.07, 6.45) is 6.23. The number of para-hydroxylation sites is 1. The maximum atomic E-state index is 13.0. The Balaban J connectivity index is 2.13. The first kappa shape index (κ1) is 17.6. The molecule has 1 atom stereocenters. The van der Waals surface area contributed by atoms with Gasteiger partial charge in [-0.05, 0) is 12.1 Å². The van der Waals surface area contributed by atoms with E-state index in [4.69, 9.17) is 5.73 Å². The third-order valence-electron chi connectivity index (χ3n) is 3.71. The minimum absolute atomic E-state index is 0.116. The number of fused-ring (bicyclic) bond motifs is 1. The maximum absolute atomic E-state index is 13.0. The Kier molecular flexibility index (Phi) is 5.01. The van der Waals surface area contributed by atoms with Gasteiger partial charge in [0.15, 0.2) is 0 Å². The molecule has 0 aliphatic heterocycles. The van der Waals surface area contributed by atoms with Gasteiger partial charge in [0.2, 0.25) is 0 Å². The molecule has 0 bridgehead atoms. The summed E-state index contributed by atoms with van der Waals surface area (Å²) in [6, 6.07) is 9.43. The Hall–Kier alpha value is -3.17. The van der Waals surface area contributed by atoms with Gasteiger partial charge in [-0.2, -0.15) is 3.97 Å². The van der Waals surface area contributed by atoms with Crippen molar-refractivity contribution in [2.45, 2.75) is 4.90 Å². The second-order valence-electron chi connectivity index (χ2n) is 5.25. The quantitative estimate of drug-likeness (QED) is 0.320. The SMILES string of the molecule is CN=CC(=CN)c1cnc2ccn([S+]([O-])c3ccccc3[N+](=O)[O-])c2c1. The van der Waals surface area contributed by atoms with E-state index in [0.717, 1.165) is 0 Å². The molecule has 8 nitrogen and oxygen atoms in total. The maximum Gasteiger partial charge on any atom is 0.326 e. The summed E-state index contributed by atoms with van der Waals surface area (Å²) in [6.45, 7) is 0. The van der Waals surface area contributed by atoms with Crippen LogP contribution in [0, 0.1) is 10.1 Å². The molecule has 26 heavy (non-hydrogen) atoms. The van der Waals surface area contributed by atoms with Crippen molar-refractivity contribution in [2.75, 3.05) is 7.05 Å². The number of nitrogens with two attached hydrogens (primary N) is 1. The minimum atomic E-state index is -1.80. The lowest BCUT2D eigenvalue weighted by Crippen LogP contribution is -2.14. The van der Waals surface area contributed by atoms with Crippen LogP contribution in [0.15, 0.2) is 64.9 Å². The zero-order valence-electron chi connectivity index (χ0n) is 13.8. The van der Waals surface area contributed by atoms with Gasteiger partial charge in [0, 0.05) is 48.9 Å². The molecule has 1 aromatic carbocycles. The topological polar surface area (TPSA) is 122 Å². The van der Waals surface area contributed by atoms with Crippen LogP contribution in [-0.2, 0) is 11.4 Å². The van der Waals surface area contributed by atoms with E-state index < -0.39 is 16.3 Å². The van der Waals surface area contributed by atoms with E-state index in [1.807, 2.05) is 0 Å². The fourth-order valence-electron chi connectivity index (χ4n) is 2.50. The number of allylic oxidation sites excluding steroid dienone is 1. The molecule has 1 unspecified atom stereocenters. The van der Waals surface area contributed by atoms with Gasteiger partial charge in [-0.15, -0.1) is 0 Å². The van der Waals surface area contributed by atoms with E-state index in [1.165, 1.54) is 28.4 Å². The van der Waals surface area contributed by atoms with Crippen molar-refractivity contribution in [3.05, 3.63) is 70.7 Å². The lowest BCUT2D eigenvalue weighted by Gasteiger charge is -2.11. The van der Waals surface area contributed by atoms with E-state index in [1.54, 1.807) is 43.9 Å². The molecule has 9 heteroatoms. The smallest absolute Gasteiger partial charge is 0.326 e. The van der Waals surface area contributed by atoms with Gasteiger partial charge in [0.05, 0.1) is 16.6 Å². The molecule has 0 fully saturated rings. The second-order valence-corrected chi connectivity index (χ2v) is 6.58. The molecule has 0 radical (unpaired) electrons. The zero-order chi connectivity index (χ0) is 18.7. The summed E-state index contributed by atoms with van der Waals surface area (Å²) < 4.78 is 14.4. The Labute approximate surface area is 152 Å². The summed E-state index contributed by atoms with van der Waals surface area (Å²) in [7, 11) is 1.63. The summed E-state index contributed by atoms with van der Waals surface area (Å²) in [5.41, 5.74) is 7.98. The number of pyridine rings is 1. The molecule has 0 aliphatic rings. The van der Waals surface area contributed by atoms with Crippen molar-refractivity contribution in [2.24, 2.45) is 10.7 Å². The average molecular weight is 369 g/mol. The standard InChI is InChI=1S/C17H15N5O3S/c1-19-10-13(9-18)12-8-16-14(20-11-12)6-7-21(16)26(25)17-5-3-2-4-15(17)22(23)24/h2-11H,18H2,1H3. The van der Waals surface area contributed by atoms with Crippen LogP contribution >= 0.6 is 0 Å². The molecule has 3 aromatic rings. The first-order chi connectivity index (χ1) is 12.6. The Morgan fingerprint density at radius 1 is 1.38 bits per heavy atom. The number of hydrogen-bond donors (Lipinski definition) is 1. The number of rotatable bonds is 5. The summed E-state index contributed by atoms with van der Waals surface area (Å²) in [5.74, 6) is 0. The monoisotopic (exact) mass is 369 g/mol. The number of nitro benzene ring substituents is 1. The molecule has 3 rings (SSSR count). The van der Waals surface area contributed by atoms with Crippen LogP contribution in [0.25, 0.3) is 16.6 Å². The van der Waals surface area contributed by atoms with Crippen molar-refractivity contribution in [3.8, 4) is 0 Å². The highest BCUT2D eigenvalue weighted by atomic mass is 32.2. The zero-order valence-corrected chi connectivity index (χ0v) is 14.6. The molecule has 132 valence electrons. The lowest BCUT2D eigenvalue weighted by molar-refractivity contribution is -0.387. The highest BCUT2D eigenvalue weighted by Crippen LogP contribution is 2.28. The van der Waals surface area contributed by atoms with Crippen LogP contribution in [0.4, 0.5) is 5.69 Å². The van der Waals surface area contributed by atoms with Crippen LogP contribution in [0.3, 0.4) is 0 Å². The van der Waals surface area contributed by atoms with Gasteiger partial charge in [0.25, 0.3) is 4.90 Å². The Bertz CT molecular complexity index is 1030. The second kappa shape index (κ2) is 7.38. The summed E-state index contributed by atoms with van der Waals surface area (Å²) in [5, 5.41) is 11.2. The molecule has 2 N–H and O–H groups in total. The van der Waals surface area contributed by atoms with Gasteiger partial charge in [-0.25, -0.2) is 0 Å². The normalized spacial score (nSPS) is 13.4. The van der Waals surface area contributed by atoms with Gasteiger partial charge < -0.3 is 10.3 Å². The van der Waals surface area contributed by atoms with Crippen molar-refractivity contribution in [3.63, 3.8) is 0 Å². The average Bonchev–Trinajstić information content (AvgIpc) is 3.08. The van der Waals surface area contributed by atoms with Crippen molar-refractivity contribution < 1.29 is 9.48 Å². The molecule has 0 saturated carbocycles. The number of nitro groups is 1. The van der Waals surface area contributed by atoms with Crippen LogP contribution < -0.4 is 5.73 Å². The fraction of sp³-hybridized carbons (Fsp3) is 0.0588. The van der Waals surface area contributed by atoms with Crippen molar-refractivity contribution in [1.29, 1.82) is 0 Å². The van der Waals surface area contributed by atoms with Crippen molar-refractivity contribution >= 4 is 39.9 Å². The van der Waals surface area contributed by atoms with E-state index in [0.29, 0.717) is 22.2 Å². The minimum Gasteiger partial charge on any atom is -0.587 e. The molecule has 2 heterocycles. The number of hydrogen-bond acceptors (Lipinski definition) is 6. The van der Waals surface area contributed by atoms with Crippen LogP contribution in [-0.4, -0.2) is 31.7 Å². The predicted octanol–water partition coefficient (Wildman–Crippen LogP) is 2.52. The van der Waals surface area contributed by atoms with Crippen LogP contribution in [0.2, 0.25) is 0 Å². The van der Waals surface area contributed by atoms with Crippen LogP contribution in [0.5, 0.6) is 0 Å². The number of nitrogens with zero attached hydrogens (tertiary/aromatic N) is 4. The predicted molar refractivity (Wildman–Crippen MR) is 101 cm³/mol. The van der Waals surface area contributed by atoms with Gasteiger partial charge in [0.1, 0.15) is 16.9 Å². The number of benzene rings is 1. The Morgan fingerprint density at radius 2 is 2.15 bits per heavy atom. The van der Waals surface area contributed by atoms with Gasteiger partial charge in [-0.1, -0.05) is 12.1 Å². The van der Waals surface area contributed by atoms with Gasteiger partial charge >= 0.3 is 5.69 Å².